The fourth-order valence-corrected chi connectivity index (χ4v) is 3.72. The molecule has 1 aliphatic rings. The topological polar surface area (TPSA) is 57.0 Å². The molecule has 0 aliphatic carbocycles. The van der Waals surface area contributed by atoms with Crippen molar-refractivity contribution in [1.29, 1.82) is 0 Å². The lowest BCUT2D eigenvalue weighted by atomic mass is 9.85. The summed E-state index contributed by atoms with van der Waals surface area (Å²) in [5.41, 5.74) is 4.35. The summed E-state index contributed by atoms with van der Waals surface area (Å²) in [5, 5.41) is 5.48. The number of carbonyl (C=O) groups excluding carboxylic acids is 1. The molecular formula is C20H21N3O2. The number of hydrogen-bond acceptors (Lipinski definition) is 4. The van der Waals surface area contributed by atoms with E-state index in [1.807, 2.05) is 41.2 Å². The number of rotatable bonds is 4. The molecular weight excluding hydrogens is 314 g/mol. The van der Waals surface area contributed by atoms with Crippen LogP contribution in [0.5, 0.6) is 0 Å². The Kier molecular flexibility index (Phi) is 4.32. The third-order valence-electron chi connectivity index (χ3n) is 4.96. The predicted octanol–water partition coefficient (Wildman–Crippen LogP) is 3.82. The van der Waals surface area contributed by atoms with Gasteiger partial charge in [-0.2, -0.15) is 5.10 Å². The van der Waals surface area contributed by atoms with Crippen LogP contribution in [0.4, 0.5) is 0 Å². The zero-order valence-corrected chi connectivity index (χ0v) is 14.3. The Morgan fingerprint density at radius 1 is 1.24 bits per heavy atom. The highest BCUT2D eigenvalue weighted by atomic mass is 16.5. The van der Waals surface area contributed by atoms with E-state index in [1.165, 1.54) is 0 Å². The number of aromatic nitrogens is 3. The van der Waals surface area contributed by atoms with Gasteiger partial charge in [-0.25, -0.2) is 9.67 Å². The molecule has 3 aromatic rings. The van der Waals surface area contributed by atoms with Crippen LogP contribution < -0.4 is 0 Å². The third kappa shape index (κ3) is 2.74. The number of carbonyl (C=O) groups is 1. The molecule has 0 amide bonds. The molecule has 0 radical (unpaired) electrons. The molecule has 128 valence electrons. The lowest BCUT2D eigenvalue weighted by molar-refractivity contribution is 0.0852. The van der Waals surface area contributed by atoms with Crippen molar-refractivity contribution in [3.05, 3.63) is 47.7 Å². The number of hydrogen-bond donors (Lipinski definition) is 0. The van der Waals surface area contributed by atoms with Crippen LogP contribution in [0, 0.1) is 0 Å². The zero-order chi connectivity index (χ0) is 17.2. The van der Waals surface area contributed by atoms with Crippen molar-refractivity contribution < 1.29 is 9.53 Å². The van der Waals surface area contributed by atoms with E-state index in [-0.39, 0.29) is 0 Å². The van der Waals surface area contributed by atoms with Crippen molar-refractivity contribution in [2.24, 2.45) is 0 Å². The average Bonchev–Trinajstić information content (AvgIpc) is 3.10. The summed E-state index contributed by atoms with van der Waals surface area (Å²) in [6.07, 6.45) is 4.66. The second-order valence-electron chi connectivity index (χ2n) is 6.36. The third-order valence-corrected chi connectivity index (χ3v) is 4.96. The van der Waals surface area contributed by atoms with Gasteiger partial charge in [0.25, 0.3) is 0 Å². The number of aldehydes is 1. The van der Waals surface area contributed by atoms with E-state index in [4.69, 9.17) is 9.72 Å². The van der Waals surface area contributed by atoms with Crippen LogP contribution in [0.2, 0.25) is 0 Å². The van der Waals surface area contributed by atoms with Crippen LogP contribution in [0.3, 0.4) is 0 Å². The van der Waals surface area contributed by atoms with Crippen molar-refractivity contribution in [2.75, 3.05) is 13.2 Å². The maximum absolute atomic E-state index is 12.1. The first kappa shape index (κ1) is 16.0. The highest BCUT2D eigenvalue weighted by Gasteiger charge is 2.26. The van der Waals surface area contributed by atoms with Crippen LogP contribution >= 0.6 is 0 Å². The zero-order valence-electron chi connectivity index (χ0n) is 14.3. The lowest BCUT2D eigenvalue weighted by Gasteiger charge is -2.25. The maximum Gasteiger partial charge on any atom is 0.158 e. The molecule has 3 heterocycles. The Balaban J connectivity index is 2.02. The quantitative estimate of drug-likeness (QED) is 0.680. The Hall–Kier alpha value is -2.53. The highest BCUT2D eigenvalue weighted by Crippen LogP contribution is 2.37. The van der Waals surface area contributed by atoms with E-state index in [0.717, 1.165) is 66.7 Å². The molecule has 2 aromatic heterocycles. The SMILES string of the molecule is CCn1ncc2c(C3CCOCC3)c(C=O)c(-c3ccccc3)nc21. The van der Waals surface area contributed by atoms with Gasteiger partial charge in [0.1, 0.15) is 0 Å². The molecule has 1 fully saturated rings. The van der Waals surface area contributed by atoms with Gasteiger partial charge in [-0.05, 0) is 31.2 Å². The summed E-state index contributed by atoms with van der Waals surface area (Å²) in [4.78, 5) is 16.9. The van der Waals surface area contributed by atoms with Crippen LogP contribution in [-0.4, -0.2) is 34.3 Å². The van der Waals surface area contributed by atoms with Crippen LogP contribution in [0.15, 0.2) is 36.5 Å². The summed E-state index contributed by atoms with van der Waals surface area (Å²) in [6.45, 7) is 4.27. The average molecular weight is 335 g/mol. The van der Waals surface area contributed by atoms with E-state index in [2.05, 4.69) is 12.0 Å². The number of fused-ring (bicyclic) bond motifs is 1. The van der Waals surface area contributed by atoms with Gasteiger partial charge in [0.05, 0.1) is 11.9 Å². The van der Waals surface area contributed by atoms with Crippen LogP contribution in [0.1, 0.15) is 41.6 Å². The minimum absolute atomic E-state index is 0.302. The Morgan fingerprint density at radius 2 is 2.00 bits per heavy atom. The molecule has 0 bridgehead atoms. The minimum atomic E-state index is 0.302. The molecule has 0 spiro atoms. The van der Waals surface area contributed by atoms with Crippen molar-refractivity contribution in [3.8, 4) is 11.3 Å². The predicted molar refractivity (Wildman–Crippen MR) is 96.8 cm³/mol. The fraction of sp³-hybridized carbons (Fsp3) is 0.350. The molecule has 1 saturated heterocycles. The first-order valence-electron chi connectivity index (χ1n) is 8.81. The molecule has 0 saturated carbocycles. The Bertz CT molecular complexity index is 896. The summed E-state index contributed by atoms with van der Waals surface area (Å²) in [6, 6.07) is 9.92. The van der Waals surface area contributed by atoms with Gasteiger partial charge in [-0.3, -0.25) is 4.79 Å². The molecule has 5 nitrogen and oxygen atoms in total. The normalized spacial score (nSPS) is 15.6. The first-order chi connectivity index (χ1) is 12.3. The Labute approximate surface area is 146 Å². The Morgan fingerprint density at radius 3 is 2.68 bits per heavy atom. The molecule has 1 aliphatic heterocycles. The summed E-state index contributed by atoms with van der Waals surface area (Å²) < 4.78 is 7.43. The van der Waals surface area contributed by atoms with Gasteiger partial charge >= 0.3 is 0 Å². The standard InChI is InChI=1S/C20H21N3O2/c1-2-23-20-16(12-21-23)18(14-8-10-25-11-9-14)17(13-24)19(22-20)15-6-4-3-5-7-15/h3-7,12-14H,2,8-11H2,1H3. The second-order valence-corrected chi connectivity index (χ2v) is 6.36. The molecule has 1 aromatic carbocycles. The first-order valence-corrected chi connectivity index (χ1v) is 8.81. The number of benzene rings is 1. The molecule has 5 heteroatoms. The molecule has 4 rings (SSSR count). The number of ether oxygens (including phenoxy) is 1. The summed E-state index contributed by atoms with van der Waals surface area (Å²) >= 11 is 0. The molecule has 25 heavy (non-hydrogen) atoms. The lowest BCUT2D eigenvalue weighted by Crippen LogP contribution is -2.17. The highest BCUT2D eigenvalue weighted by molar-refractivity contribution is 5.96. The van der Waals surface area contributed by atoms with Gasteiger partial charge < -0.3 is 4.74 Å². The van der Waals surface area contributed by atoms with Crippen LogP contribution in [0.25, 0.3) is 22.3 Å². The van der Waals surface area contributed by atoms with Crippen molar-refractivity contribution in [2.45, 2.75) is 32.2 Å². The maximum atomic E-state index is 12.1. The minimum Gasteiger partial charge on any atom is -0.381 e. The van der Waals surface area contributed by atoms with Gasteiger partial charge in [0.2, 0.25) is 0 Å². The smallest absolute Gasteiger partial charge is 0.158 e. The molecule has 0 unspecified atom stereocenters. The number of nitrogens with zero attached hydrogens (tertiary/aromatic N) is 3. The fourth-order valence-electron chi connectivity index (χ4n) is 3.72. The van der Waals surface area contributed by atoms with Gasteiger partial charge in [0.15, 0.2) is 11.9 Å². The van der Waals surface area contributed by atoms with Gasteiger partial charge in [0, 0.05) is 36.3 Å². The monoisotopic (exact) mass is 335 g/mol. The van der Waals surface area contributed by atoms with Crippen molar-refractivity contribution in [3.63, 3.8) is 0 Å². The molecule has 0 atom stereocenters. The van der Waals surface area contributed by atoms with E-state index >= 15 is 0 Å². The van der Waals surface area contributed by atoms with E-state index < -0.39 is 0 Å². The number of pyridine rings is 1. The van der Waals surface area contributed by atoms with Crippen LogP contribution in [-0.2, 0) is 11.3 Å². The summed E-state index contributed by atoms with van der Waals surface area (Å²) in [5.74, 6) is 0.302. The van der Waals surface area contributed by atoms with Crippen molar-refractivity contribution >= 4 is 17.3 Å². The van der Waals surface area contributed by atoms with Gasteiger partial charge in [-0.1, -0.05) is 30.3 Å². The second kappa shape index (κ2) is 6.76. The van der Waals surface area contributed by atoms with E-state index in [0.29, 0.717) is 11.5 Å². The van der Waals surface area contributed by atoms with E-state index in [1.54, 1.807) is 0 Å². The summed E-state index contributed by atoms with van der Waals surface area (Å²) in [7, 11) is 0. The van der Waals surface area contributed by atoms with Crippen molar-refractivity contribution in [1.82, 2.24) is 14.8 Å². The largest absolute Gasteiger partial charge is 0.381 e. The number of aryl methyl sites for hydroxylation is 1. The van der Waals surface area contributed by atoms with E-state index in [9.17, 15) is 4.79 Å². The van der Waals surface area contributed by atoms with Gasteiger partial charge in [-0.15, -0.1) is 0 Å². The molecule has 0 N–H and O–H groups in total.